The maximum atomic E-state index is 12.2. The van der Waals surface area contributed by atoms with E-state index in [1.54, 1.807) is 18.5 Å². The van der Waals surface area contributed by atoms with Gasteiger partial charge in [-0.15, -0.1) is 0 Å². The molecule has 7 heteroatoms. The van der Waals surface area contributed by atoms with Crippen LogP contribution in [0.3, 0.4) is 0 Å². The van der Waals surface area contributed by atoms with Crippen molar-refractivity contribution in [3.8, 4) is 33.9 Å². The fourth-order valence-electron chi connectivity index (χ4n) is 3.07. The molecule has 0 bridgehead atoms. The standard InChI is InChI=1S/C22H20N6O/c1-14(2)28-18(29)9-8-17(27-28)21-19(15-6-4-3-5-7-15)26-22(23)20(25-21)16-10-12-24-13-11-16/h3-14H,1-2H3,(H2,23,26). The van der Waals surface area contributed by atoms with Crippen molar-refractivity contribution in [3.05, 3.63) is 77.3 Å². The van der Waals surface area contributed by atoms with Crippen LogP contribution in [0.5, 0.6) is 0 Å². The zero-order chi connectivity index (χ0) is 20.4. The molecule has 7 nitrogen and oxygen atoms in total. The van der Waals surface area contributed by atoms with Crippen molar-refractivity contribution in [1.82, 2.24) is 24.7 Å². The highest BCUT2D eigenvalue weighted by atomic mass is 16.1. The molecule has 3 aromatic heterocycles. The molecule has 2 N–H and O–H groups in total. The predicted molar refractivity (Wildman–Crippen MR) is 113 cm³/mol. The average molecular weight is 384 g/mol. The van der Waals surface area contributed by atoms with E-state index in [0.717, 1.165) is 11.1 Å². The quantitative estimate of drug-likeness (QED) is 0.577. The first-order chi connectivity index (χ1) is 14.0. The molecule has 0 atom stereocenters. The second-order valence-corrected chi connectivity index (χ2v) is 6.85. The van der Waals surface area contributed by atoms with E-state index in [9.17, 15) is 4.79 Å². The van der Waals surface area contributed by atoms with E-state index in [1.165, 1.54) is 10.7 Å². The summed E-state index contributed by atoms with van der Waals surface area (Å²) in [5.74, 6) is 0.316. The van der Waals surface area contributed by atoms with E-state index in [1.807, 2.05) is 56.3 Å². The zero-order valence-corrected chi connectivity index (χ0v) is 16.1. The maximum absolute atomic E-state index is 12.2. The van der Waals surface area contributed by atoms with Crippen LogP contribution in [0.15, 0.2) is 71.8 Å². The van der Waals surface area contributed by atoms with Crippen molar-refractivity contribution in [3.63, 3.8) is 0 Å². The molecular weight excluding hydrogens is 364 g/mol. The highest BCUT2D eigenvalue weighted by molar-refractivity contribution is 5.81. The molecule has 0 spiro atoms. The fraction of sp³-hybridized carbons (Fsp3) is 0.136. The SMILES string of the molecule is CC(C)n1nc(-c2nc(-c3ccncc3)c(N)nc2-c2ccccc2)ccc1=O. The molecule has 0 amide bonds. The Kier molecular flexibility index (Phi) is 4.87. The number of nitrogens with two attached hydrogens (primary N) is 1. The first kappa shape index (κ1) is 18.5. The Balaban J connectivity index is 2.00. The van der Waals surface area contributed by atoms with E-state index >= 15 is 0 Å². The number of aromatic nitrogens is 5. The van der Waals surface area contributed by atoms with Gasteiger partial charge in [0.2, 0.25) is 0 Å². The molecule has 0 radical (unpaired) electrons. The van der Waals surface area contributed by atoms with Gasteiger partial charge in [-0.2, -0.15) is 5.10 Å². The Morgan fingerprint density at radius 1 is 0.828 bits per heavy atom. The summed E-state index contributed by atoms with van der Waals surface area (Å²) < 4.78 is 1.44. The van der Waals surface area contributed by atoms with Crippen LogP contribution in [-0.4, -0.2) is 24.7 Å². The van der Waals surface area contributed by atoms with Crippen LogP contribution in [0.1, 0.15) is 19.9 Å². The molecule has 0 saturated carbocycles. The Hall–Kier alpha value is -3.87. The van der Waals surface area contributed by atoms with E-state index in [-0.39, 0.29) is 11.6 Å². The van der Waals surface area contributed by atoms with E-state index in [4.69, 9.17) is 10.7 Å². The number of benzene rings is 1. The number of nitrogen functional groups attached to an aromatic ring is 1. The molecule has 4 aromatic rings. The van der Waals surface area contributed by atoms with E-state index < -0.39 is 0 Å². The summed E-state index contributed by atoms with van der Waals surface area (Å²) >= 11 is 0. The lowest BCUT2D eigenvalue weighted by molar-refractivity contribution is 0.504. The lowest BCUT2D eigenvalue weighted by atomic mass is 10.1. The number of nitrogens with zero attached hydrogens (tertiary/aromatic N) is 5. The van der Waals surface area contributed by atoms with Gasteiger partial charge in [0.05, 0.1) is 6.04 Å². The molecule has 29 heavy (non-hydrogen) atoms. The molecule has 0 saturated heterocycles. The van der Waals surface area contributed by atoms with Crippen LogP contribution in [0.4, 0.5) is 5.82 Å². The summed E-state index contributed by atoms with van der Waals surface area (Å²) in [7, 11) is 0. The molecule has 3 heterocycles. The zero-order valence-electron chi connectivity index (χ0n) is 16.1. The Labute approximate surface area is 167 Å². The van der Waals surface area contributed by atoms with Crippen LogP contribution >= 0.6 is 0 Å². The molecule has 0 aliphatic rings. The van der Waals surface area contributed by atoms with Gasteiger partial charge in [0.15, 0.2) is 5.82 Å². The topological polar surface area (TPSA) is 99.6 Å². The summed E-state index contributed by atoms with van der Waals surface area (Å²) in [6.07, 6.45) is 3.36. The molecule has 144 valence electrons. The van der Waals surface area contributed by atoms with Gasteiger partial charge in [-0.05, 0) is 32.0 Å². The maximum Gasteiger partial charge on any atom is 0.267 e. The van der Waals surface area contributed by atoms with Crippen molar-refractivity contribution >= 4 is 5.82 Å². The molecule has 0 aliphatic heterocycles. The summed E-state index contributed by atoms with van der Waals surface area (Å²) in [4.78, 5) is 25.7. The van der Waals surface area contributed by atoms with E-state index in [2.05, 4.69) is 15.1 Å². The van der Waals surface area contributed by atoms with Gasteiger partial charge in [-0.3, -0.25) is 9.78 Å². The van der Waals surface area contributed by atoms with Gasteiger partial charge in [0.1, 0.15) is 22.8 Å². The van der Waals surface area contributed by atoms with Crippen molar-refractivity contribution in [2.45, 2.75) is 19.9 Å². The highest BCUT2D eigenvalue weighted by Crippen LogP contribution is 2.32. The Morgan fingerprint density at radius 2 is 1.52 bits per heavy atom. The summed E-state index contributed by atoms with van der Waals surface area (Å²) in [5, 5.41) is 4.54. The molecule has 0 aliphatic carbocycles. The number of hydrogen-bond donors (Lipinski definition) is 1. The van der Waals surface area contributed by atoms with Gasteiger partial charge in [0.25, 0.3) is 5.56 Å². The molecule has 1 aromatic carbocycles. The Morgan fingerprint density at radius 3 is 2.21 bits per heavy atom. The smallest absolute Gasteiger partial charge is 0.267 e. The van der Waals surface area contributed by atoms with Gasteiger partial charge in [0, 0.05) is 29.6 Å². The number of anilines is 1. The van der Waals surface area contributed by atoms with Crippen molar-refractivity contribution in [2.75, 3.05) is 5.73 Å². The third-order valence-corrected chi connectivity index (χ3v) is 4.48. The monoisotopic (exact) mass is 384 g/mol. The minimum atomic E-state index is -0.164. The van der Waals surface area contributed by atoms with Gasteiger partial charge in [-0.1, -0.05) is 30.3 Å². The van der Waals surface area contributed by atoms with Crippen LogP contribution in [-0.2, 0) is 0 Å². The number of hydrogen-bond acceptors (Lipinski definition) is 6. The summed E-state index contributed by atoms with van der Waals surface area (Å²) in [6.45, 7) is 3.82. The highest BCUT2D eigenvalue weighted by Gasteiger charge is 2.18. The minimum Gasteiger partial charge on any atom is -0.382 e. The van der Waals surface area contributed by atoms with Crippen molar-refractivity contribution < 1.29 is 0 Å². The molecule has 0 fully saturated rings. The van der Waals surface area contributed by atoms with Crippen LogP contribution in [0.2, 0.25) is 0 Å². The normalized spacial score (nSPS) is 11.0. The number of rotatable bonds is 4. The average Bonchev–Trinajstić information content (AvgIpc) is 2.75. The summed E-state index contributed by atoms with van der Waals surface area (Å²) in [6, 6.07) is 16.4. The summed E-state index contributed by atoms with van der Waals surface area (Å²) in [5.41, 5.74) is 10.1. The second kappa shape index (κ2) is 7.63. The fourth-order valence-corrected chi connectivity index (χ4v) is 3.07. The second-order valence-electron chi connectivity index (χ2n) is 6.85. The van der Waals surface area contributed by atoms with E-state index in [0.29, 0.717) is 28.6 Å². The molecule has 4 rings (SSSR count). The minimum absolute atomic E-state index is 0.0796. The molecule has 0 unspecified atom stereocenters. The third-order valence-electron chi connectivity index (χ3n) is 4.48. The van der Waals surface area contributed by atoms with Gasteiger partial charge in [-0.25, -0.2) is 14.6 Å². The van der Waals surface area contributed by atoms with Crippen LogP contribution in [0, 0.1) is 0 Å². The van der Waals surface area contributed by atoms with Crippen LogP contribution in [0.25, 0.3) is 33.9 Å². The Bertz CT molecular complexity index is 1200. The third kappa shape index (κ3) is 3.62. The lowest BCUT2D eigenvalue weighted by Crippen LogP contribution is -2.24. The van der Waals surface area contributed by atoms with Gasteiger partial charge < -0.3 is 5.73 Å². The lowest BCUT2D eigenvalue weighted by Gasteiger charge is -2.14. The van der Waals surface area contributed by atoms with Crippen LogP contribution < -0.4 is 11.3 Å². The first-order valence-corrected chi connectivity index (χ1v) is 9.28. The largest absolute Gasteiger partial charge is 0.382 e. The predicted octanol–water partition coefficient (Wildman–Crippen LogP) is 3.59. The first-order valence-electron chi connectivity index (χ1n) is 9.28. The molecular formula is C22H20N6O. The van der Waals surface area contributed by atoms with Crippen molar-refractivity contribution in [1.29, 1.82) is 0 Å². The van der Waals surface area contributed by atoms with Crippen molar-refractivity contribution in [2.24, 2.45) is 0 Å². The number of pyridine rings is 1. The van der Waals surface area contributed by atoms with Gasteiger partial charge >= 0.3 is 0 Å².